The molecule has 0 radical (unpaired) electrons. The minimum absolute atomic E-state index is 0.184. The van der Waals surface area contributed by atoms with Crippen LogP contribution in [-0.2, 0) is 11.2 Å². The highest BCUT2D eigenvalue weighted by molar-refractivity contribution is 7.11. The third kappa shape index (κ3) is 5.18. The highest BCUT2D eigenvalue weighted by Gasteiger charge is 2.21. The van der Waals surface area contributed by atoms with Gasteiger partial charge in [-0.1, -0.05) is 6.92 Å². The van der Waals surface area contributed by atoms with E-state index in [2.05, 4.69) is 24.1 Å². The summed E-state index contributed by atoms with van der Waals surface area (Å²) in [5.41, 5.74) is 0. The molecule has 1 aromatic heterocycles. The molecule has 1 saturated carbocycles. The van der Waals surface area contributed by atoms with E-state index in [1.165, 1.54) is 17.7 Å². The quantitative estimate of drug-likeness (QED) is 0.729. The first-order valence-corrected chi connectivity index (χ1v) is 7.94. The van der Waals surface area contributed by atoms with Crippen molar-refractivity contribution in [2.45, 2.75) is 45.3 Å². The Morgan fingerprint density at radius 3 is 3.00 bits per heavy atom. The van der Waals surface area contributed by atoms with Crippen molar-refractivity contribution in [3.05, 3.63) is 16.1 Å². The molecule has 2 atom stereocenters. The number of aliphatic hydroxyl groups excluding tert-OH is 1. The van der Waals surface area contributed by atoms with E-state index in [1.54, 1.807) is 11.3 Å². The second-order valence-corrected chi connectivity index (χ2v) is 6.43. The fourth-order valence-electron chi connectivity index (χ4n) is 1.80. The molecule has 4 nitrogen and oxygen atoms in total. The summed E-state index contributed by atoms with van der Waals surface area (Å²) in [6.07, 6.45) is 5.10. The van der Waals surface area contributed by atoms with Crippen molar-refractivity contribution in [2.75, 3.05) is 19.8 Å². The van der Waals surface area contributed by atoms with E-state index in [1.807, 2.05) is 6.20 Å². The number of nitrogens with zero attached hydrogens (tertiary/aromatic N) is 1. The molecule has 5 heteroatoms. The van der Waals surface area contributed by atoms with Crippen LogP contribution in [0.5, 0.6) is 0 Å². The maximum Gasteiger partial charge on any atom is 0.109 e. The van der Waals surface area contributed by atoms with Gasteiger partial charge < -0.3 is 15.2 Å². The lowest BCUT2D eigenvalue weighted by Crippen LogP contribution is -2.32. The van der Waals surface area contributed by atoms with Gasteiger partial charge in [0.25, 0.3) is 0 Å². The molecule has 1 heterocycles. The summed E-state index contributed by atoms with van der Waals surface area (Å²) in [6, 6.07) is 0.184. The molecule has 0 amide bonds. The van der Waals surface area contributed by atoms with E-state index in [-0.39, 0.29) is 6.04 Å². The van der Waals surface area contributed by atoms with Gasteiger partial charge in [0.1, 0.15) is 5.01 Å². The Kier molecular flexibility index (Phi) is 5.76. The topological polar surface area (TPSA) is 54.4 Å². The Bertz CT molecular complexity index is 379. The molecular formula is C14H24N2O2S. The average molecular weight is 284 g/mol. The number of nitrogens with one attached hydrogen (secondary N) is 1. The number of aromatic nitrogens is 1. The summed E-state index contributed by atoms with van der Waals surface area (Å²) < 4.78 is 5.48. The number of hydrogen-bond donors (Lipinski definition) is 2. The standard InChI is InChI=1S/C14H24N2O2S/c1-3-13-7-16-14(19-13)10(2)15-6-12(17)9-18-8-11-4-5-11/h7,10-12,15,17H,3-6,8-9H2,1-2H3. The summed E-state index contributed by atoms with van der Waals surface area (Å²) in [7, 11) is 0. The fraction of sp³-hybridized carbons (Fsp3) is 0.786. The summed E-state index contributed by atoms with van der Waals surface area (Å²) in [5, 5.41) is 14.2. The van der Waals surface area contributed by atoms with Crippen LogP contribution in [0.15, 0.2) is 6.20 Å². The molecule has 108 valence electrons. The van der Waals surface area contributed by atoms with E-state index >= 15 is 0 Å². The van der Waals surface area contributed by atoms with Gasteiger partial charge in [-0.25, -0.2) is 4.98 Å². The van der Waals surface area contributed by atoms with Gasteiger partial charge in [0.2, 0.25) is 0 Å². The van der Waals surface area contributed by atoms with Crippen molar-refractivity contribution >= 4 is 11.3 Å². The van der Waals surface area contributed by atoms with Gasteiger partial charge in [-0.05, 0) is 32.1 Å². The van der Waals surface area contributed by atoms with Gasteiger partial charge in [0, 0.05) is 24.2 Å². The first kappa shape index (κ1) is 14.9. The lowest BCUT2D eigenvalue weighted by molar-refractivity contribution is 0.0315. The Morgan fingerprint density at radius 1 is 1.58 bits per heavy atom. The van der Waals surface area contributed by atoms with Crippen LogP contribution in [-0.4, -0.2) is 36.0 Å². The minimum atomic E-state index is -0.438. The van der Waals surface area contributed by atoms with Gasteiger partial charge in [-0.3, -0.25) is 0 Å². The third-order valence-corrected chi connectivity index (χ3v) is 4.64. The van der Waals surface area contributed by atoms with E-state index < -0.39 is 6.10 Å². The van der Waals surface area contributed by atoms with Crippen molar-refractivity contribution in [3.8, 4) is 0 Å². The smallest absolute Gasteiger partial charge is 0.109 e. The monoisotopic (exact) mass is 284 g/mol. The molecule has 0 bridgehead atoms. The van der Waals surface area contributed by atoms with Crippen LogP contribution in [0.25, 0.3) is 0 Å². The first-order chi connectivity index (χ1) is 9.19. The summed E-state index contributed by atoms with van der Waals surface area (Å²) >= 11 is 1.74. The average Bonchev–Trinajstić information content (AvgIpc) is 3.10. The largest absolute Gasteiger partial charge is 0.389 e. The Labute approximate surface area is 119 Å². The van der Waals surface area contributed by atoms with E-state index in [9.17, 15) is 5.11 Å². The van der Waals surface area contributed by atoms with Crippen molar-refractivity contribution in [3.63, 3.8) is 0 Å². The molecule has 1 aliphatic carbocycles. The Balaban J connectivity index is 1.62. The van der Waals surface area contributed by atoms with Crippen molar-refractivity contribution in [1.29, 1.82) is 0 Å². The van der Waals surface area contributed by atoms with Crippen LogP contribution >= 0.6 is 11.3 Å². The lowest BCUT2D eigenvalue weighted by Gasteiger charge is -2.15. The summed E-state index contributed by atoms with van der Waals surface area (Å²) in [6.45, 7) is 5.99. The molecule has 0 aromatic carbocycles. The van der Waals surface area contributed by atoms with Crippen LogP contribution in [0.2, 0.25) is 0 Å². The fourth-order valence-corrected chi connectivity index (χ4v) is 2.68. The molecule has 1 aliphatic rings. The highest BCUT2D eigenvalue weighted by atomic mass is 32.1. The SMILES string of the molecule is CCc1cnc(C(C)NCC(O)COCC2CC2)s1. The van der Waals surface area contributed by atoms with Gasteiger partial charge >= 0.3 is 0 Å². The molecule has 0 aliphatic heterocycles. The van der Waals surface area contributed by atoms with Crippen LogP contribution in [0.4, 0.5) is 0 Å². The molecule has 2 rings (SSSR count). The van der Waals surface area contributed by atoms with Crippen LogP contribution in [0.3, 0.4) is 0 Å². The highest BCUT2D eigenvalue weighted by Crippen LogP contribution is 2.28. The van der Waals surface area contributed by atoms with Gasteiger partial charge in [-0.2, -0.15) is 0 Å². The number of hydrogen-bond acceptors (Lipinski definition) is 5. The van der Waals surface area contributed by atoms with Gasteiger partial charge in [-0.15, -0.1) is 11.3 Å². The molecule has 1 aromatic rings. The van der Waals surface area contributed by atoms with E-state index in [0.29, 0.717) is 13.2 Å². The molecule has 1 fully saturated rings. The summed E-state index contributed by atoms with van der Waals surface area (Å²) in [4.78, 5) is 5.70. The maximum atomic E-state index is 9.83. The second-order valence-electron chi connectivity index (χ2n) is 5.28. The normalized spacial score (nSPS) is 18.5. The van der Waals surface area contributed by atoms with Gasteiger partial charge in [0.05, 0.1) is 18.8 Å². The van der Waals surface area contributed by atoms with Crippen molar-refractivity contribution in [2.24, 2.45) is 5.92 Å². The number of aryl methyl sites for hydroxylation is 1. The van der Waals surface area contributed by atoms with Crippen LogP contribution < -0.4 is 5.32 Å². The van der Waals surface area contributed by atoms with E-state index in [0.717, 1.165) is 24.0 Å². The lowest BCUT2D eigenvalue weighted by atomic mass is 10.3. The molecule has 0 spiro atoms. The van der Waals surface area contributed by atoms with Crippen molar-refractivity contribution in [1.82, 2.24) is 10.3 Å². The summed E-state index contributed by atoms with van der Waals surface area (Å²) in [5.74, 6) is 0.752. The molecule has 2 unspecified atom stereocenters. The minimum Gasteiger partial charge on any atom is -0.389 e. The zero-order valence-electron chi connectivity index (χ0n) is 11.8. The molecular weight excluding hydrogens is 260 g/mol. The van der Waals surface area contributed by atoms with Gasteiger partial charge in [0.15, 0.2) is 0 Å². The first-order valence-electron chi connectivity index (χ1n) is 7.12. The number of ether oxygens (including phenoxy) is 1. The van der Waals surface area contributed by atoms with Crippen LogP contribution in [0.1, 0.15) is 42.6 Å². The third-order valence-electron chi connectivity index (χ3n) is 3.31. The number of thiazole rings is 1. The number of rotatable bonds is 9. The Hall–Kier alpha value is -0.490. The zero-order valence-corrected chi connectivity index (χ0v) is 12.6. The Morgan fingerprint density at radius 2 is 2.37 bits per heavy atom. The second kappa shape index (κ2) is 7.33. The predicted octanol–water partition coefficient (Wildman–Crippen LogP) is 2.14. The molecule has 2 N–H and O–H groups in total. The van der Waals surface area contributed by atoms with Crippen molar-refractivity contribution < 1.29 is 9.84 Å². The maximum absolute atomic E-state index is 9.83. The number of aliphatic hydroxyl groups is 1. The zero-order chi connectivity index (χ0) is 13.7. The predicted molar refractivity (Wildman–Crippen MR) is 77.5 cm³/mol. The molecule has 19 heavy (non-hydrogen) atoms. The van der Waals surface area contributed by atoms with E-state index in [4.69, 9.17) is 4.74 Å². The molecule has 0 saturated heterocycles. The van der Waals surface area contributed by atoms with Crippen LogP contribution in [0, 0.1) is 5.92 Å².